The van der Waals surface area contributed by atoms with Gasteiger partial charge in [0.15, 0.2) is 17.5 Å². The summed E-state index contributed by atoms with van der Waals surface area (Å²) in [6, 6.07) is 65.6. The van der Waals surface area contributed by atoms with E-state index in [2.05, 4.69) is 140 Å². The summed E-state index contributed by atoms with van der Waals surface area (Å²) in [6.07, 6.45) is 0. The molecule has 1 aliphatic carbocycles. The Bertz CT molecular complexity index is 2650. The second kappa shape index (κ2) is 12.1. The molecule has 1 aliphatic rings. The third-order valence-corrected chi connectivity index (χ3v) is 10.2. The molecule has 0 bridgehead atoms. The number of furan rings is 1. The van der Waals surface area contributed by atoms with Crippen LogP contribution in [0.15, 0.2) is 192 Å². The van der Waals surface area contributed by atoms with Gasteiger partial charge in [0.1, 0.15) is 11.3 Å². The second-order valence-corrected chi connectivity index (χ2v) is 13.2. The molecule has 52 heavy (non-hydrogen) atoms. The maximum Gasteiger partial charge on any atom is 0.164 e. The average Bonchev–Trinajstić information content (AvgIpc) is 3.80. The fourth-order valence-electron chi connectivity index (χ4n) is 7.93. The quantitative estimate of drug-likeness (QED) is 0.177. The van der Waals surface area contributed by atoms with Crippen LogP contribution >= 0.6 is 0 Å². The van der Waals surface area contributed by atoms with E-state index in [-0.39, 0.29) is 0 Å². The standard InChI is InChI=1S/C48H31N3O/c1-4-15-33(16-5-1)45-49-46(34-29-27-32(28-30-34)43-31-35-17-10-13-26-42(35)52-43)51-47(50-45)39-23-14-25-41-44(39)38-22-11-12-24-40(38)48(41,36-18-6-2-7-19-36)37-20-8-3-9-21-37/h1-31H. The van der Waals surface area contributed by atoms with Crippen molar-refractivity contribution in [2.24, 2.45) is 0 Å². The number of aromatic nitrogens is 3. The van der Waals surface area contributed by atoms with E-state index in [1.807, 2.05) is 48.5 Å². The molecule has 10 rings (SSSR count). The molecule has 9 aromatic rings. The highest BCUT2D eigenvalue weighted by atomic mass is 16.3. The van der Waals surface area contributed by atoms with Gasteiger partial charge in [-0.2, -0.15) is 0 Å². The van der Waals surface area contributed by atoms with Crippen LogP contribution in [0.3, 0.4) is 0 Å². The molecule has 0 saturated carbocycles. The smallest absolute Gasteiger partial charge is 0.164 e. The van der Waals surface area contributed by atoms with E-state index in [1.165, 1.54) is 27.8 Å². The molecule has 0 N–H and O–H groups in total. The molecule has 2 heterocycles. The SMILES string of the molecule is c1ccc(-c2nc(-c3ccc(-c4cc5ccccc5o4)cc3)nc(-c3cccc4c3-c3ccccc3C4(c3ccccc3)c3ccccc3)n2)cc1. The summed E-state index contributed by atoms with van der Waals surface area (Å²) in [5.74, 6) is 2.70. The Labute approximate surface area is 301 Å². The van der Waals surface area contributed by atoms with Crippen LogP contribution in [-0.2, 0) is 5.41 Å². The fraction of sp³-hybridized carbons (Fsp3) is 0.0208. The normalized spacial score (nSPS) is 12.8. The zero-order valence-electron chi connectivity index (χ0n) is 28.1. The van der Waals surface area contributed by atoms with Gasteiger partial charge in [-0.1, -0.05) is 176 Å². The zero-order valence-corrected chi connectivity index (χ0v) is 28.1. The first kappa shape index (κ1) is 30.0. The predicted molar refractivity (Wildman–Crippen MR) is 209 cm³/mol. The molecular weight excluding hydrogens is 635 g/mol. The van der Waals surface area contributed by atoms with Crippen LogP contribution in [0.2, 0.25) is 0 Å². The molecule has 0 saturated heterocycles. The number of fused-ring (bicyclic) bond motifs is 4. The Hall–Kier alpha value is -6.91. The number of rotatable bonds is 6. The molecule has 7 aromatic carbocycles. The van der Waals surface area contributed by atoms with E-state index < -0.39 is 5.41 Å². The fourth-order valence-corrected chi connectivity index (χ4v) is 7.93. The maximum absolute atomic E-state index is 6.16. The van der Waals surface area contributed by atoms with Gasteiger partial charge in [-0.25, -0.2) is 15.0 Å². The van der Waals surface area contributed by atoms with E-state index in [4.69, 9.17) is 19.4 Å². The molecular formula is C48H31N3O. The van der Waals surface area contributed by atoms with Crippen molar-refractivity contribution in [3.05, 3.63) is 210 Å². The first-order valence-electron chi connectivity index (χ1n) is 17.5. The van der Waals surface area contributed by atoms with Crippen LogP contribution in [0, 0.1) is 0 Å². The summed E-state index contributed by atoms with van der Waals surface area (Å²) in [7, 11) is 0. The van der Waals surface area contributed by atoms with Gasteiger partial charge < -0.3 is 4.42 Å². The molecule has 244 valence electrons. The second-order valence-electron chi connectivity index (χ2n) is 13.2. The van der Waals surface area contributed by atoms with Crippen molar-refractivity contribution in [1.82, 2.24) is 15.0 Å². The highest BCUT2D eigenvalue weighted by Crippen LogP contribution is 2.58. The van der Waals surface area contributed by atoms with Crippen LogP contribution in [0.1, 0.15) is 22.3 Å². The highest BCUT2D eigenvalue weighted by molar-refractivity contribution is 5.94. The Kier molecular flexibility index (Phi) is 7.00. The minimum absolute atomic E-state index is 0.519. The van der Waals surface area contributed by atoms with Crippen LogP contribution in [0.25, 0.3) is 67.6 Å². The van der Waals surface area contributed by atoms with E-state index in [0.29, 0.717) is 17.5 Å². The van der Waals surface area contributed by atoms with Gasteiger partial charge in [-0.3, -0.25) is 0 Å². The van der Waals surface area contributed by atoms with Crippen molar-refractivity contribution in [3.8, 4) is 56.6 Å². The lowest BCUT2D eigenvalue weighted by Gasteiger charge is -2.33. The molecule has 4 nitrogen and oxygen atoms in total. The summed E-state index contributed by atoms with van der Waals surface area (Å²) >= 11 is 0. The average molecular weight is 666 g/mol. The minimum Gasteiger partial charge on any atom is -0.456 e. The number of hydrogen-bond donors (Lipinski definition) is 0. The van der Waals surface area contributed by atoms with Gasteiger partial charge in [0.25, 0.3) is 0 Å². The Morgan fingerprint density at radius 1 is 0.385 bits per heavy atom. The lowest BCUT2D eigenvalue weighted by Crippen LogP contribution is -2.28. The van der Waals surface area contributed by atoms with Crippen LogP contribution in [0.5, 0.6) is 0 Å². The number of benzene rings is 7. The van der Waals surface area contributed by atoms with Crippen molar-refractivity contribution < 1.29 is 4.42 Å². The molecule has 0 unspecified atom stereocenters. The summed E-state index contributed by atoms with van der Waals surface area (Å²) in [4.78, 5) is 15.5. The Balaban J connectivity index is 1.18. The largest absolute Gasteiger partial charge is 0.456 e. The summed E-state index contributed by atoms with van der Waals surface area (Å²) in [5, 5.41) is 1.08. The molecule has 0 radical (unpaired) electrons. The van der Waals surface area contributed by atoms with Gasteiger partial charge in [0.2, 0.25) is 0 Å². The topological polar surface area (TPSA) is 51.8 Å². The predicted octanol–water partition coefficient (Wildman–Crippen LogP) is 11.6. The van der Waals surface area contributed by atoms with Crippen LogP contribution < -0.4 is 0 Å². The Morgan fingerprint density at radius 2 is 0.904 bits per heavy atom. The number of hydrogen-bond acceptors (Lipinski definition) is 4. The van der Waals surface area contributed by atoms with Crippen molar-refractivity contribution >= 4 is 11.0 Å². The van der Waals surface area contributed by atoms with E-state index >= 15 is 0 Å². The van der Waals surface area contributed by atoms with E-state index in [1.54, 1.807) is 0 Å². The van der Waals surface area contributed by atoms with Crippen molar-refractivity contribution in [1.29, 1.82) is 0 Å². The number of nitrogens with zero attached hydrogens (tertiary/aromatic N) is 3. The molecule has 0 spiro atoms. The van der Waals surface area contributed by atoms with Crippen LogP contribution in [-0.4, -0.2) is 15.0 Å². The molecule has 0 fully saturated rings. The van der Waals surface area contributed by atoms with Crippen molar-refractivity contribution in [3.63, 3.8) is 0 Å². The summed E-state index contributed by atoms with van der Waals surface area (Å²) < 4.78 is 6.16. The van der Waals surface area contributed by atoms with Crippen molar-refractivity contribution in [2.75, 3.05) is 0 Å². The first-order chi connectivity index (χ1) is 25.8. The highest BCUT2D eigenvalue weighted by Gasteiger charge is 2.47. The van der Waals surface area contributed by atoms with E-state index in [0.717, 1.165) is 44.5 Å². The van der Waals surface area contributed by atoms with Gasteiger partial charge in [0, 0.05) is 27.6 Å². The lowest BCUT2D eigenvalue weighted by molar-refractivity contribution is 0.631. The molecule has 0 amide bonds. The summed E-state index contributed by atoms with van der Waals surface area (Å²) in [5.41, 5.74) is 11.4. The van der Waals surface area contributed by atoms with Gasteiger partial charge in [0.05, 0.1) is 5.41 Å². The van der Waals surface area contributed by atoms with Crippen LogP contribution in [0.4, 0.5) is 0 Å². The summed E-state index contributed by atoms with van der Waals surface area (Å²) in [6.45, 7) is 0. The molecule has 0 aliphatic heterocycles. The van der Waals surface area contributed by atoms with Crippen molar-refractivity contribution in [2.45, 2.75) is 5.41 Å². The van der Waals surface area contributed by atoms with Gasteiger partial charge in [-0.15, -0.1) is 0 Å². The third-order valence-electron chi connectivity index (χ3n) is 10.2. The molecule has 4 heteroatoms. The monoisotopic (exact) mass is 665 g/mol. The number of para-hydroxylation sites is 1. The molecule has 2 aromatic heterocycles. The zero-order chi connectivity index (χ0) is 34.5. The minimum atomic E-state index is -0.519. The van der Waals surface area contributed by atoms with Gasteiger partial charge >= 0.3 is 0 Å². The maximum atomic E-state index is 6.16. The van der Waals surface area contributed by atoms with Gasteiger partial charge in [-0.05, 0) is 45.5 Å². The lowest BCUT2D eigenvalue weighted by atomic mass is 9.67. The first-order valence-corrected chi connectivity index (χ1v) is 17.5. The third kappa shape index (κ3) is 4.73. The Morgan fingerprint density at radius 3 is 1.60 bits per heavy atom. The van der Waals surface area contributed by atoms with E-state index in [9.17, 15) is 0 Å². The molecule has 0 atom stereocenters.